The molecule has 4 atom stereocenters. The molecule has 0 aliphatic carbocycles. The summed E-state index contributed by atoms with van der Waals surface area (Å²) in [5.41, 5.74) is -1.82. The summed E-state index contributed by atoms with van der Waals surface area (Å²) in [6.45, 7) is 5.88. The smallest absolute Gasteiger partial charge is 0.335 e. The lowest BCUT2D eigenvalue weighted by Crippen LogP contribution is -2.48. The number of rotatable bonds is 6. The zero-order chi connectivity index (χ0) is 31.4. The lowest BCUT2D eigenvalue weighted by atomic mass is 9.62. The summed E-state index contributed by atoms with van der Waals surface area (Å²) in [7, 11) is 1.36. The average molecular weight is 629 g/mol. The molecular formula is C32H29Cl2F2N3O4. The Morgan fingerprint density at radius 3 is 2.49 bits per heavy atom. The Morgan fingerprint density at radius 1 is 1.16 bits per heavy atom. The Kier molecular flexibility index (Phi) is 7.93. The lowest BCUT2D eigenvalue weighted by molar-refractivity contribution is -0.119. The SMILES string of the molecule is COc1cc(C(=O)O)ccc1N1CN2C(CC(C)(C)C)[C@](C#N)(c3ccc(Cl)cc3F)C(c3cccc(Cl)c3F)[C@@H]2C1=O. The number of hydrogen-bond donors (Lipinski definition) is 1. The monoisotopic (exact) mass is 627 g/mol. The van der Waals surface area contributed by atoms with Gasteiger partial charge in [-0.25, -0.2) is 13.6 Å². The van der Waals surface area contributed by atoms with Crippen LogP contribution >= 0.6 is 23.2 Å². The van der Waals surface area contributed by atoms with E-state index in [1.165, 1.54) is 60.5 Å². The van der Waals surface area contributed by atoms with Crippen LogP contribution in [0.2, 0.25) is 10.0 Å². The highest BCUT2D eigenvalue weighted by molar-refractivity contribution is 6.31. The second-order valence-electron chi connectivity index (χ2n) is 12.1. The predicted molar refractivity (Wildman–Crippen MR) is 159 cm³/mol. The molecule has 224 valence electrons. The Morgan fingerprint density at radius 2 is 1.88 bits per heavy atom. The van der Waals surface area contributed by atoms with Crippen LogP contribution < -0.4 is 9.64 Å². The second kappa shape index (κ2) is 11.1. The van der Waals surface area contributed by atoms with Gasteiger partial charge in [0.25, 0.3) is 0 Å². The van der Waals surface area contributed by atoms with Gasteiger partial charge in [-0.3, -0.25) is 14.6 Å². The molecule has 2 aliphatic rings. The van der Waals surface area contributed by atoms with Crippen LogP contribution in [0.15, 0.2) is 54.6 Å². The number of nitriles is 1. The minimum atomic E-state index is -1.73. The summed E-state index contributed by atoms with van der Waals surface area (Å²) in [4.78, 5) is 29.3. The van der Waals surface area contributed by atoms with E-state index in [1.54, 1.807) is 0 Å². The van der Waals surface area contributed by atoms with Gasteiger partial charge in [0.15, 0.2) is 0 Å². The van der Waals surface area contributed by atoms with Crippen LogP contribution in [0.3, 0.4) is 0 Å². The van der Waals surface area contributed by atoms with Crippen LogP contribution in [-0.4, -0.2) is 47.7 Å². The van der Waals surface area contributed by atoms with Crippen molar-refractivity contribution < 1.29 is 28.2 Å². The van der Waals surface area contributed by atoms with Crippen molar-refractivity contribution in [2.45, 2.75) is 50.6 Å². The molecule has 2 aliphatic heterocycles. The molecule has 3 aromatic carbocycles. The zero-order valence-electron chi connectivity index (χ0n) is 23.9. The van der Waals surface area contributed by atoms with Crippen molar-refractivity contribution in [2.24, 2.45) is 5.41 Å². The molecule has 11 heteroatoms. The van der Waals surface area contributed by atoms with Crippen LogP contribution in [0.4, 0.5) is 14.5 Å². The van der Waals surface area contributed by atoms with Gasteiger partial charge < -0.3 is 9.84 Å². The molecule has 2 fully saturated rings. The Bertz CT molecular complexity index is 1670. The fourth-order valence-electron chi connectivity index (χ4n) is 6.61. The minimum Gasteiger partial charge on any atom is -0.495 e. The number of benzene rings is 3. The van der Waals surface area contributed by atoms with Gasteiger partial charge in [0, 0.05) is 22.5 Å². The van der Waals surface area contributed by atoms with Gasteiger partial charge in [0.1, 0.15) is 28.8 Å². The highest BCUT2D eigenvalue weighted by Gasteiger charge is 2.67. The Labute approximate surface area is 258 Å². The maximum absolute atomic E-state index is 15.9. The van der Waals surface area contributed by atoms with Crippen LogP contribution in [0.1, 0.15) is 54.6 Å². The van der Waals surface area contributed by atoms with E-state index >= 15 is 8.78 Å². The van der Waals surface area contributed by atoms with E-state index < -0.39 is 52.3 Å². The second-order valence-corrected chi connectivity index (χ2v) is 12.9. The molecule has 5 rings (SSSR count). The van der Waals surface area contributed by atoms with Crippen molar-refractivity contribution in [1.29, 1.82) is 5.26 Å². The summed E-state index contributed by atoms with van der Waals surface area (Å²) in [6, 6.07) is 13.1. The molecule has 0 saturated carbocycles. The zero-order valence-corrected chi connectivity index (χ0v) is 25.4. The summed E-state index contributed by atoms with van der Waals surface area (Å²) in [5, 5.41) is 20.5. The average Bonchev–Trinajstić information content (AvgIpc) is 3.40. The van der Waals surface area contributed by atoms with E-state index in [9.17, 15) is 20.0 Å². The molecule has 0 bridgehead atoms. The first-order valence-corrected chi connectivity index (χ1v) is 14.3. The number of carboxylic acids is 1. The summed E-state index contributed by atoms with van der Waals surface area (Å²) >= 11 is 12.3. The minimum absolute atomic E-state index is 0.00941. The Balaban J connectivity index is 1.78. The number of methoxy groups -OCH3 is 1. The molecule has 1 amide bonds. The topological polar surface area (TPSA) is 93.9 Å². The molecule has 0 spiro atoms. The number of fused-ring (bicyclic) bond motifs is 1. The van der Waals surface area contributed by atoms with Gasteiger partial charge in [0.05, 0.1) is 36.1 Å². The quantitative estimate of drug-likeness (QED) is 0.316. The van der Waals surface area contributed by atoms with E-state index in [0.29, 0.717) is 12.1 Å². The third kappa shape index (κ3) is 5.01. The van der Waals surface area contributed by atoms with Crippen molar-refractivity contribution in [3.63, 3.8) is 0 Å². The molecule has 1 N–H and O–H groups in total. The van der Waals surface area contributed by atoms with Crippen LogP contribution in [0, 0.1) is 28.4 Å². The number of halogens is 4. The number of ether oxygens (including phenoxy) is 1. The molecule has 2 heterocycles. The molecule has 7 nitrogen and oxygen atoms in total. The lowest BCUT2D eigenvalue weighted by Gasteiger charge is -2.40. The Hall–Kier alpha value is -3.71. The highest BCUT2D eigenvalue weighted by atomic mass is 35.5. The number of carbonyl (C=O) groups is 2. The predicted octanol–water partition coefficient (Wildman–Crippen LogP) is 7.02. The number of aromatic carboxylic acids is 1. The van der Waals surface area contributed by atoms with Crippen molar-refractivity contribution in [1.82, 2.24) is 4.90 Å². The largest absolute Gasteiger partial charge is 0.495 e. The van der Waals surface area contributed by atoms with Gasteiger partial charge in [-0.1, -0.05) is 62.2 Å². The standard InChI is InChI=1S/C32H29Cl2F2N3O4/c1-31(2,3)14-25-32(15-37,20-10-9-18(33)13-22(20)35)26(19-6-5-7-21(34)27(19)36)28-29(40)38(16-39(25)28)23-11-8-17(30(41)42)12-24(23)43-4/h5-13,25-26,28H,14,16H2,1-4H3,(H,41,42)/t25?,26?,28-,32+/m1/s1. The van der Waals surface area contributed by atoms with Gasteiger partial charge in [-0.2, -0.15) is 5.26 Å². The molecule has 2 saturated heterocycles. The summed E-state index contributed by atoms with van der Waals surface area (Å²) in [6.07, 6.45) is 0.341. The van der Waals surface area contributed by atoms with E-state index in [0.717, 1.165) is 6.07 Å². The van der Waals surface area contributed by atoms with E-state index in [-0.39, 0.29) is 39.2 Å². The van der Waals surface area contributed by atoms with Crippen LogP contribution in [0.25, 0.3) is 0 Å². The number of amides is 1. The fourth-order valence-corrected chi connectivity index (χ4v) is 6.95. The van der Waals surface area contributed by atoms with E-state index in [1.807, 2.05) is 25.7 Å². The summed E-state index contributed by atoms with van der Waals surface area (Å²) in [5.74, 6) is -4.20. The third-order valence-corrected chi connectivity index (χ3v) is 8.84. The fraction of sp³-hybridized carbons (Fsp3) is 0.344. The third-order valence-electron chi connectivity index (χ3n) is 8.31. The number of carbonyl (C=O) groups excluding carboxylic acids is 1. The maximum Gasteiger partial charge on any atom is 0.335 e. The molecule has 43 heavy (non-hydrogen) atoms. The van der Waals surface area contributed by atoms with Crippen LogP contribution in [0.5, 0.6) is 5.75 Å². The summed E-state index contributed by atoms with van der Waals surface area (Å²) < 4.78 is 37.3. The molecule has 0 radical (unpaired) electrons. The van der Waals surface area contributed by atoms with Gasteiger partial charge in [-0.05, 0) is 53.8 Å². The first-order valence-electron chi connectivity index (χ1n) is 13.5. The first-order chi connectivity index (χ1) is 20.2. The van der Waals surface area contributed by atoms with Gasteiger partial charge >= 0.3 is 5.97 Å². The number of hydrogen-bond acceptors (Lipinski definition) is 5. The molecule has 2 unspecified atom stereocenters. The number of nitrogens with zero attached hydrogens (tertiary/aromatic N) is 3. The number of carboxylic acid groups (broad SMARTS) is 1. The van der Waals surface area contributed by atoms with Gasteiger partial charge in [0.2, 0.25) is 5.91 Å². The van der Waals surface area contributed by atoms with Crippen LogP contribution in [-0.2, 0) is 10.2 Å². The van der Waals surface area contributed by atoms with Gasteiger partial charge in [-0.15, -0.1) is 0 Å². The maximum atomic E-state index is 15.9. The molecule has 3 aromatic rings. The van der Waals surface area contributed by atoms with Crippen molar-refractivity contribution >= 4 is 40.8 Å². The van der Waals surface area contributed by atoms with E-state index in [4.69, 9.17) is 27.9 Å². The van der Waals surface area contributed by atoms with Crippen molar-refractivity contribution in [3.05, 3.63) is 93.0 Å². The molecule has 0 aromatic heterocycles. The normalized spacial score (nSPS) is 23.7. The van der Waals surface area contributed by atoms with E-state index in [2.05, 4.69) is 6.07 Å². The highest BCUT2D eigenvalue weighted by Crippen LogP contribution is 2.58. The van der Waals surface area contributed by atoms with Crippen molar-refractivity contribution in [3.8, 4) is 11.8 Å². The molecular weight excluding hydrogens is 599 g/mol. The number of anilines is 1. The first kappa shape index (κ1) is 30.7. The van der Waals surface area contributed by atoms with Crippen molar-refractivity contribution in [2.75, 3.05) is 18.7 Å².